The molecule has 0 aromatic heterocycles. The van der Waals surface area contributed by atoms with Crippen LogP contribution >= 0.6 is 0 Å². The summed E-state index contributed by atoms with van der Waals surface area (Å²) >= 11 is 0. The highest BCUT2D eigenvalue weighted by molar-refractivity contribution is 5.73. The zero-order valence-corrected chi connectivity index (χ0v) is 16.8. The molecule has 2 atom stereocenters. The lowest BCUT2D eigenvalue weighted by Gasteiger charge is -2.36. The molecule has 156 valence electrons. The summed E-state index contributed by atoms with van der Waals surface area (Å²) in [6.07, 6.45) is 9.44. The van der Waals surface area contributed by atoms with E-state index in [0.717, 1.165) is 31.6 Å². The molecule has 2 aliphatic rings. The summed E-state index contributed by atoms with van der Waals surface area (Å²) < 4.78 is 33.5. The summed E-state index contributed by atoms with van der Waals surface area (Å²) in [5.41, 5.74) is 0.226. The highest BCUT2D eigenvalue weighted by atomic mass is 19.2. The molecule has 2 unspecified atom stereocenters. The van der Waals surface area contributed by atoms with E-state index in [9.17, 15) is 13.6 Å². The number of ether oxygens (including phenoxy) is 1. The molecule has 0 radical (unpaired) electrons. The van der Waals surface area contributed by atoms with E-state index in [-0.39, 0.29) is 29.1 Å². The van der Waals surface area contributed by atoms with E-state index in [0.29, 0.717) is 18.8 Å². The van der Waals surface area contributed by atoms with Gasteiger partial charge in [0, 0.05) is 5.56 Å². The van der Waals surface area contributed by atoms with Crippen molar-refractivity contribution >= 4 is 5.97 Å². The zero-order chi connectivity index (χ0) is 20.1. The van der Waals surface area contributed by atoms with Crippen LogP contribution in [0.15, 0.2) is 12.1 Å². The topological polar surface area (TPSA) is 46.5 Å². The number of hydrogen-bond acceptors (Lipinski definition) is 3. The molecule has 1 heterocycles. The number of aryl methyl sites for hydroxylation is 1. The van der Waals surface area contributed by atoms with Crippen LogP contribution in [0.2, 0.25) is 0 Å². The Morgan fingerprint density at radius 1 is 1.00 bits per heavy atom. The molecule has 0 amide bonds. The van der Waals surface area contributed by atoms with Gasteiger partial charge in [-0.05, 0) is 55.9 Å². The second-order valence-electron chi connectivity index (χ2n) is 8.52. The molecule has 1 saturated carbocycles. The van der Waals surface area contributed by atoms with Crippen molar-refractivity contribution in [2.45, 2.75) is 83.8 Å². The van der Waals surface area contributed by atoms with E-state index in [1.165, 1.54) is 37.8 Å². The first-order valence-electron chi connectivity index (χ1n) is 10.8. The van der Waals surface area contributed by atoms with Crippen LogP contribution in [-0.4, -0.2) is 17.2 Å². The third-order valence-electron chi connectivity index (χ3n) is 6.69. The van der Waals surface area contributed by atoms with Crippen LogP contribution in [0, 0.1) is 29.4 Å². The molecule has 3 nitrogen and oxygen atoms in total. The number of esters is 1. The minimum absolute atomic E-state index is 0.0110. The zero-order valence-electron chi connectivity index (χ0n) is 16.8. The van der Waals surface area contributed by atoms with Gasteiger partial charge in [-0.2, -0.15) is 0 Å². The van der Waals surface area contributed by atoms with Crippen LogP contribution in [-0.2, 0) is 22.6 Å². The van der Waals surface area contributed by atoms with Crippen molar-refractivity contribution in [3.8, 4) is 0 Å². The van der Waals surface area contributed by atoms with Crippen LogP contribution < -0.4 is 0 Å². The summed E-state index contributed by atoms with van der Waals surface area (Å²) in [4.78, 5) is 12.5. The summed E-state index contributed by atoms with van der Waals surface area (Å²) in [5, 5.41) is 9.01. The minimum Gasteiger partial charge on any atom is -0.462 e. The molecule has 1 aliphatic carbocycles. The van der Waals surface area contributed by atoms with Crippen molar-refractivity contribution in [3.05, 3.63) is 34.9 Å². The minimum atomic E-state index is -0.987. The van der Waals surface area contributed by atoms with E-state index in [4.69, 9.17) is 9.84 Å². The highest BCUT2D eigenvalue weighted by Crippen LogP contribution is 2.39. The summed E-state index contributed by atoms with van der Waals surface area (Å²) in [6.45, 7) is 1.71. The first-order valence-corrected chi connectivity index (χ1v) is 10.8. The van der Waals surface area contributed by atoms with Crippen molar-refractivity contribution in [1.82, 2.24) is 0 Å². The van der Waals surface area contributed by atoms with Crippen LogP contribution in [0.4, 0.5) is 8.78 Å². The summed E-state index contributed by atoms with van der Waals surface area (Å²) in [7, 11) is 0. The van der Waals surface area contributed by atoms with Crippen molar-refractivity contribution in [3.63, 3.8) is 0 Å². The molecule has 1 N–H and O–H groups in total. The lowest BCUT2D eigenvalue weighted by atomic mass is 9.72. The first kappa shape index (κ1) is 21.2. The van der Waals surface area contributed by atoms with Gasteiger partial charge in [0.25, 0.3) is 0 Å². The fourth-order valence-corrected chi connectivity index (χ4v) is 4.97. The number of rotatable bonds is 7. The van der Waals surface area contributed by atoms with Gasteiger partial charge in [0.15, 0.2) is 11.6 Å². The molecular weight excluding hydrogens is 362 g/mol. The molecule has 2 fully saturated rings. The molecule has 0 bridgehead atoms. The lowest BCUT2D eigenvalue weighted by Crippen LogP contribution is -2.37. The fraction of sp³-hybridized carbons (Fsp3) is 0.696. The Kier molecular flexibility index (Phi) is 7.44. The number of carbonyl (C=O) groups excluding carboxylic acids is 1. The van der Waals surface area contributed by atoms with Gasteiger partial charge in [0.2, 0.25) is 0 Å². The number of aliphatic hydroxyl groups excluding tert-OH is 1. The molecule has 5 heteroatoms. The Balaban J connectivity index is 1.48. The number of carbonyl (C=O) groups is 1. The van der Waals surface area contributed by atoms with E-state index in [1.54, 1.807) is 0 Å². The van der Waals surface area contributed by atoms with Gasteiger partial charge in [-0.1, -0.05) is 44.7 Å². The molecular formula is C23H32F2O3. The van der Waals surface area contributed by atoms with Crippen molar-refractivity contribution in [1.29, 1.82) is 0 Å². The van der Waals surface area contributed by atoms with Gasteiger partial charge >= 0.3 is 5.97 Å². The summed E-state index contributed by atoms with van der Waals surface area (Å²) in [6, 6.07) is 2.91. The van der Waals surface area contributed by atoms with Gasteiger partial charge in [0.1, 0.15) is 6.10 Å². The van der Waals surface area contributed by atoms with E-state index < -0.39 is 18.2 Å². The lowest BCUT2D eigenvalue weighted by molar-refractivity contribution is -0.164. The maximum atomic E-state index is 14.1. The molecule has 3 rings (SSSR count). The largest absolute Gasteiger partial charge is 0.462 e. The maximum Gasteiger partial charge on any atom is 0.309 e. The third kappa shape index (κ3) is 4.91. The van der Waals surface area contributed by atoms with Crippen LogP contribution in [0.5, 0.6) is 0 Å². The number of cyclic esters (lactones) is 1. The van der Waals surface area contributed by atoms with E-state index in [2.05, 4.69) is 6.92 Å². The number of aliphatic hydroxyl groups is 1. The molecule has 1 aromatic carbocycles. The molecule has 0 spiro atoms. The fourth-order valence-electron chi connectivity index (χ4n) is 4.97. The van der Waals surface area contributed by atoms with Crippen molar-refractivity contribution in [2.24, 2.45) is 17.8 Å². The predicted molar refractivity (Wildman–Crippen MR) is 104 cm³/mol. The van der Waals surface area contributed by atoms with Crippen molar-refractivity contribution < 1.29 is 23.4 Å². The number of benzene rings is 1. The van der Waals surface area contributed by atoms with Gasteiger partial charge in [-0.3, -0.25) is 4.79 Å². The summed E-state index contributed by atoms with van der Waals surface area (Å²) in [5.74, 6) is -0.718. The number of halogens is 2. The van der Waals surface area contributed by atoms with Gasteiger partial charge in [-0.15, -0.1) is 0 Å². The Morgan fingerprint density at radius 2 is 1.68 bits per heavy atom. The second kappa shape index (κ2) is 9.82. The van der Waals surface area contributed by atoms with E-state index in [1.807, 2.05) is 0 Å². The van der Waals surface area contributed by atoms with Crippen LogP contribution in [0.3, 0.4) is 0 Å². The van der Waals surface area contributed by atoms with E-state index >= 15 is 0 Å². The van der Waals surface area contributed by atoms with Gasteiger partial charge < -0.3 is 9.84 Å². The Morgan fingerprint density at radius 3 is 2.32 bits per heavy atom. The van der Waals surface area contributed by atoms with Gasteiger partial charge in [-0.25, -0.2) is 8.78 Å². The Hall–Kier alpha value is -1.49. The smallest absolute Gasteiger partial charge is 0.309 e. The SMILES string of the molecule is CCCC1CCC(C2CCC(CCc3ccc(CO)c(F)c3F)OC2=O)CC1. The number of hydrogen-bond donors (Lipinski definition) is 1. The molecule has 1 aliphatic heterocycles. The average Bonchev–Trinajstić information content (AvgIpc) is 2.70. The average molecular weight is 395 g/mol. The van der Waals surface area contributed by atoms with Crippen LogP contribution in [0.1, 0.15) is 75.8 Å². The highest BCUT2D eigenvalue weighted by Gasteiger charge is 2.37. The molecule has 28 heavy (non-hydrogen) atoms. The Labute approximate surface area is 166 Å². The van der Waals surface area contributed by atoms with Crippen LogP contribution in [0.25, 0.3) is 0 Å². The second-order valence-corrected chi connectivity index (χ2v) is 8.52. The van der Waals surface area contributed by atoms with Crippen molar-refractivity contribution in [2.75, 3.05) is 0 Å². The monoisotopic (exact) mass is 394 g/mol. The maximum absolute atomic E-state index is 14.1. The van der Waals surface area contributed by atoms with Gasteiger partial charge in [0.05, 0.1) is 12.5 Å². The Bertz CT molecular complexity index is 668. The normalized spacial score (nSPS) is 28.2. The molecule has 1 aromatic rings. The molecule has 1 saturated heterocycles. The standard InChI is InChI=1S/C23H32F2O3/c1-2-3-15-4-6-16(7-5-15)20-13-12-19(28-23(20)27)11-10-17-8-9-18(14-26)22(25)21(17)24/h8-9,15-16,19-20,26H,2-7,10-14H2,1H3. The third-order valence-corrected chi connectivity index (χ3v) is 6.69. The quantitative estimate of drug-likeness (QED) is 0.637. The first-order chi connectivity index (χ1) is 13.5. The predicted octanol–water partition coefficient (Wildman–Crippen LogP) is 5.32.